The van der Waals surface area contributed by atoms with Gasteiger partial charge in [-0.2, -0.15) is 5.26 Å². The van der Waals surface area contributed by atoms with E-state index in [1.807, 2.05) is 53.2 Å². The van der Waals surface area contributed by atoms with Gasteiger partial charge in [0, 0.05) is 17.6 Å². The molecule has 0 aliphatic heterocycles. The molecule has 0 unspecified atom stereocenters. The molecule has 3 aromatic rings. The number of aromatic nitrogens is 1. The largest absolute Gasteiger partial charge is 0.497 e. The van der Waals surface area contributed by atoms with Gasteiger partial charge in [-0.3, -0.25) is 4.79 Å². The first-order chi connectivity index (χ1) is 13.1. The normalized spacial score (nSPS) is 10.9. The van der Waals surface area contributed by atoms with Gasteiger partial charge < -0.3 is 14.6 Å². The maximum Gasteiger partial charge on any atom is 0.266 e. The Kier molecular flexibility index (Phi) is 5.60. The molecular formula is C21H16ClN3O2. The molecule has 0 saturated carbocycles. The number of methoxy groups -OCH3 is 1. The van der Waals surface area contributed by atoms with Crippen LogP contribution in [0.3, 0.4) is 0 Å². The van der Waals surface area contributed by atoms with Crippen LogP contribution in [-0.4, -0.2) is 17.6 Å². The fourth-order valence-electron chi connectivity index (χ4n) is 2.54. The molecular weight excluding hydrogens is 362 g/mol. The van der Waals surface area contributed by atoms with Gasteiger partial charge >= 0.3 is 0 Å². The highest BCUT2D eigenvalue weighted by molar-refractivity contribution is 6.34. The minimum absolute atomic E-state index is 0.0246. The van der Waals surface area contributed by atoms with Crippen LogP contribution in [0.25, 0.3) is 11.8 Å². The van der Waals surface area contributed by atoms with Gasteiger partial charge in [-0.15, -0.1) is 0 Å². The van der Waals surface area contributed by atoms with E-state index in [0.29, 0.717) is 16.4 Å². The van der Waals surface area contributed by atoms with Gasteiger partial charge in [0.25, 0.3) is 5.91 Å². The number of hydrogen-bond acceptors (Lipinski definition) is 3. The number of benzene rings is 2. The number of carbonyl (C=O) groups excluding carboxylic acids is 1. The van der Waals surface area contributed by atoms with Crippen molar-refractivity contribution in [2.24, 2.45) is 0 Å². The Morgan fingerprint density at radius 1 is 1.15 bits per heavy atom. The van der Waals surface area contributed by atoms with Crippen LogP contribution in [0, 0.1) is 11.3 Å². The summed E-state index contributed by atoms with van der Waals surface area (Å²) in [6.45, 7) is 0. The fourth-order valence-corrected chi connectivity index (χ4v) is 2.72. The van der Waals surface area contributed by atoms with Crippen molar-refractivity contribution in [3.05, 3.63) is 83.2 Å². The molecule has 0 aliphatic carbocycles. The lowest BCUT2D eigenvalue weighted by atomic mass is 10.2. The van der Waals surface area contributed by atoms with E-state index in [-0.39, 0.29) is 5.57 Å². The zero-order valence-corrected chi connectivity index (χ0v) is 15.3. The average molecular weight is 378 g/mol. The van der Waals surface area contributed by atoms with E-state index in [1.54, 1.807) is 31.4 Å². The second-order valence-electron chi connectivity index (χ2n) is 5.60. The SMILES string of the molecule is COc1ccc(-n2cccc2/C=C(\C#N)C(=O)Nc2ccccc2Cl)cc1. The molecule has 0 aliphatic rings. The van der Waals surface area contributed by atoms with Gasteiger partial charge in [-0.1, -0.05) is 23.7 Å². The third-order valence-corrected chi connectivity index (χ3v) is 4.24. The summed E-state index contributed by atoms with van der Waals surface area (Å²) >= 11 is 6.06. The summed E-state index contributed by atoms with van der Waals surface area (Å²) < 4.78 is 7.04. The number of halogens is 1. The Morgan fingerprint density at radius 2 is 1.89 bits per heavy atom. The average Bonchev–Trinajstić information content (AvgIpc) is 3.16. The number of carbonyl (C=O) groups is 1. The number of para-hydroxylation sites is 1. The Bertz CT molecular complexity index is 1030. The van der Waals surface area contributed by atoms with Crippen LogP contribution in [0.4, 0.5) is 5.69 Å². The number of nitrogens with one attached hydrogen (secondary N) is 1. The van der Waals surface area contributed by atoms with Gasteiger partial charge in [0.05, 0.1) is 17.8 Å². The number of nitrogens with zero attached hydrogens (tertiary/aromatic N) is 2. The molecule has 0 saturated heterocycles. The summed E-state index contributed by atoms with van der Waals surface area (Å²) in [6, 6.07) is 20.0. The van der Waals surface area contributed by atoms with Crippen LogP contribution in [0.2, 0.25) is 5.02 Å². The standard InChI is InChI=1S/C21H16ClN3O2/c1-27-18-10-8-16(9-11-18)25-12-4-5-17(25)13-15(14-23)21(26)24-20-7-3-2-6-19(20)22/h2-13H,1H3,(H,24,26)/b15-13+. The summed E-state index contributed by atoms with van der Waals surface area (Å²) in [4.78, 5) is 12.5. The Hall–Kier alpha value is -3.49. The van der Waals surface area contributed by atoms with Crippen molar-refractivity contribution in [3.63, 3.8) is 0 Å². The van der Waals surface area contributed by atoms with E-state index < -0.39 is 5.91 Å². The van der Waals surface area contributed by atoms with Crippen LogP contribution in [-0.2, 0) is 4.79 Å². The number of hydrogen-bond donors (Lipinski definition) is 1. The van der Waals surface area contributed by atoms with E-state index in [2.05, 4.69) is 5.32 Å². The van der Waals surface area contributed by atoms with Crippen molar-refractivity contribution >= 4 is 29.3 Å². The second-order valence-corrected chi connectivity index (χ2v) is 6.01. The summed E-state index contributed by atoms with van der Waals surface area (Å²) in [7, 11) is 1.61. The molecule has 0 spiro atoms. The molecule has 1 amide bonds. The molecule has 0 fully saturated rings. The molecule has 0 atom stereocenters. The van der Waals surface area contributed by atoms with Crippen molar-refractivity contribution in [2.75, 3.05) is 12.4 Å². The summed E-state index contributed by atoms with van der Waals surface area (Å²) in [5, 5.41) is 12.5. The summed E-state index contributed by atoms with van der Waals surface area (Å²) in [5.41, 5.74) is 2.01. The number of ether oxygens (including phenoxy) is 1. The van der Waals surface area contributed by atoms with E-state index in [9.17, 15) is 10.1 Å². The molecule has 3 rings (SSSR count). The molecule has 1 N–H and O–H groups in total. The first-order valence-electron chi connectivity index (χ1n) is 8.12. The van der Waals surface area contributed by atoms with Gasteiger partial charge in [-0.05, 0) is 54.6 Å². The van der Waals surface area contributed by atoms with Crippen LogP contribution in [0.1, 0.15) is 5.69 Å². The zero-order valence-electron chi connectivity index (χ0n) is 14.5. The predicted molar refractivity (Wildman–Crippen MR) is 106 cm³/mol. The Morgan fingerprint density at radius 3 is 2.56 bits per heavy atom. The smallest absolute Gasteiger partial charge is 0.266 e. The first-order valence-corrected chi connectivity index (χ1v) is 8.49. The van der Waals surface area contributed by atoms with Gasteiger partial charge in [-0.25, -0.2) is 0 Å². The number of rotatable bonds is 5. The molecule has 1 heterocycles. The third kappa shape index (κ3) is 4.20. The highest BCUT2D eigenvalue weighted by atomic mass is 35.5. The highest BCUT2D eigenvalue weighted by Crippen LogP contribution is 2.22. The topological polar surface area (TPSA) is 67.0 Å². The number of anilines is 1. The van der Waals surface area contributed by atoms with Crippen LogP contribution >= 0.6 is 11.6 Å². The first kappa shape index (κ1) is 18.3. The van der Waals surface area contributed by atoms with E-state index in [4.69, 9.17) is 16.3 Å². The summed E-state index contributed by atoms with van der Waals surface area (Å²) in [5.74, 6) is 0.230. The maximum atomic E-state index is 12.5. The monoisotopic (exact) mass is 377 g/mol. The minimum atomic E-state index is -0.520. The molecule has 1 aromatic heterocycles. The number of nitriles is 1. The molecule has 134 valence electrons. The maximum absolute atomic E-state index is 12.5. The minimum Gasteiger partial charge on any atom is -0.497 e. The molecule has 27 heavy (non-hydrogen) atoms. The van der Waals surface area contributed by atoms with Crippen molar-refractivity contribution in [1.29, 1.82) is 5.26 Å². The highest BCUT2D eigenvalue weighted by Gasteiger charge is 2.12. The predicted octanol–water partition coefficient (Wildman–Crippen LogP) is 4.68. The van der Waals surface area contributed by atoms with E-state index in [1.165, 1.54) is 6.08 Å². The summed E-state index contributed by atoms with van der Waals surface area (Å²) in [6.07, 6.45) is 3.39. The molecule has 0 bridgehead atoms. The van der Waals surface area contributed by atoms with Crippen LogP contribution in [0.5, 0.6) is 5.75 Å². The zero-order chi connectivity index (χ0) is 19.2. The van der Waals surface area contributed by atoms with E-state index >= 15 is 0 Å². The van der Waals surface area contributed by atoms with Gasteiger partial charge in [0.15, 0.2) is 0 Å². The van der Waals surface area contributed by atoms with Gasteiger partial charge in [0.1, 0.15) is 17.4 Å². The van der Waals surface area contributed by atoms with Crippen LogP contribution < -0.4 is 10.1 Å². The molecule has 6 heteroatoms. The fraction of sp³-hybridized carbons (Fsp3) is 0.0476. The third-order valence-electron chi connectivity index (χ3n) is 3.91. The van der Waals surface area contributed by atoms with Crippen molar-refractivity contribution in [1.82, 2.24) is 4.57 Å². The van der Waals surface area contributed by atoms with Crippen molar-refractivity contribution in [3.8, 4) is 17.5 Å². The number of amides is 1. The van der Waals surface area contributed by atoms with Crippen molar-refractivity contribution in [2.45, 2.75) is 0 Å². The van der Waals surface area contributed by atoms with Crippen LogP contribution in [0.15, 0.2) is 72.4 Å². The van der Waals surface area contributed by atoms with Crippen molar-refractivity contribution < 1.29 is 9.53 Å². The molecule has 2 aromatic carbocycles. The lowest BCUT2D eigenvalue weighted by Crippen LogP contribution is -2.14. The lowest BCUT2D eigenvalue weighted by Gasteiger charge is -2.09. The Labute approximate surface area is 162 Å². The van der Waals surface area contributed by atoms with E-state index in [0.717, 1.165) is 11.4 Å². The molecule has 0 radical (unpaired) electrons. The Balaban J connectivity index is 1.88. The van der Waals surface area contributed by atoms with Gasteiger partial charge in [0.2, 0.25) is 0 Å². The quantitative estimate of drug-likeness (QED) is 0.518. The molecule has 5 nitrogen and oxygen atoms in total. The second kappa shape index (κ2) is 8.26. The lowest BCUT2D eigenvalue weighted by molar-refractivity contribution is -0.112.